The highest BCUT2D eigenvalue weighted by Gasteiger charge is 2.24. The van der Waals surface area contributed by atoms with Crippen molar-refractivity contribution in [1.29, 1.82) is 0 Å². The average molecular weight is 324 g/mol. The van der Waals surface area contributed by atoms with E-state index in [0.29, 0.717) is 23.3 Å². The molecule has 2 heteroatoms. The lowest BCUT2D eigenvalue weighted by Gasteiger charge is -2.29. The molecule has 24 heavy (non-hydrogen) atoms. The molecule has 2 N–H and O–H groups in total. The molecule has 0 aromatic heterocycles. The van der Waals surface area contributed by atoms with Crippen LogP contribution in [0.15, 0.2) is 42.5 Å². The van der Waals surface area contributed by atoms with Crippen molar-refractivity contribution in [3.05, 3.63) is 59.2 Å². The van der Waals surface area contributed by atoms with Crippen LogP contribution < -0.4 is 0 Å². The second-order valence-electron chi connectivity index (χ2n) is 7.13. The Balaban J connectivity index is 1.65. The van der Waals surface area contributed by atoms with Gasteiger partial charge in [0.25, 0.3) is 0 Å². The highest BCUT2D eigenvalue weighted by molar-refractivity contribution is 5.38. The van der Waals surface area contributed by atoms with Crippen LogP contribution in [0.1, 0.15) is 74.0 Å². The molecule has 2 aromatic rings. The third-order valence-electron chi connectivity index (χ3n) is 5.47. The molecule has 3 rings (SSSR count). The van der Waals surface area contributed by atoms with E-state index in [1.807, 2.05) is 6.07 Å². The number of rotatable bonds is 5. The first-order valence-electron chi connectivity index (χ1n) is 9.28. The highest BCUT2D eigenvalue weighted by atomic mass is 16.3. The van der Waals surface area contributed by atoms with E-state index < -0.39 is 0 Å². The van der Waals surface area contributed by atoms with Crippen molar-refractivity contribution in [2.45, 2.75) is 63.7 Å². The summed E-state index contributed by atoms with van der Waals surface area (Å²) in [6.45, 7) is 2.19. The molecular weight excluding hydrogens is 296 g/mol. The van der Waals surface area contributed by atoms with Crippen molar-refractivity contribution in [1.82, 2.24) is 0 Å². The van der Waals surface area contributed by atoms with Gasteiger partial charge in [-0.1, -0.05) is 37.6 Å². The number of unbranched alkanes of at least 4 members (excludes halogenated alkanes) is 1. The van der Waals surface area contributed by atoms with Gasteiger partial charge in [-0.25, -0.2) is 0 Å². The minimum atomic E-state index is 0.344. The Kier molecular flexibility index (Phi) is 5.44. The Morgan fingerprint density at radius 1 is 0.833 bits per heavy atom. The Labute approximate surface area is 145 Å². The van der Waals surface area contributed by atoms with E-state index in [1.54, 1.807) is 12.1 Å². The van der Waals surface area contributed by atoms with Crippen LogP contribution in [0.5, 0.6) is 11.5 Å². The molecule has 128 valence electrons. The second kappa shape index (κ2) is 7.74. The lowest BCUT2D eigenvalue weighted by atomic mass is 9.76. The predicted molar refractivity (Wildman–Crippen MR) is 98.8 cm³/mol. The van der Waals surface area contributed by atoms with Crippen molar-refractivity contribution in [3.63, 3.8) is 0 Å². The monoisotopic (exact) mass is 324 g/mol. The van der Waals surface area contributed by atoms with Gasteiger partial charge in [0.2, 0.25) is 0 Å². The van der Waals surface area contributed by atoms with Gasteiger partial charge in [0.05, 0.1) is 0 Å². The summed E-state index contributed by atoms with van der Waals surface area (Å²) in [6, 6.07) is 13.9. The first kappa shape index (κ1) is 16.9. The molecule has 2 aromatic carbocycles. The molecule has 0 amide bonds. The van der Waals surface area contributed by atoms with Crippen molar-refractivity contribution >= 4 is 0 Å². The van der Waals surface area contributed by atoms with E-state index >= 15 is 0 Å². The molecule has 0 aliphatic heterocycles. The van der Waals surface area contributed by atoms with E-state index in [0.717, 1.165) is 24.8 Å². The van der Waals surface area contributed by atoms with Crippen LogP contribution >= 0.6 is 0 Å². The number of phenolic OH excluding ortho intramolecular Hbond substituents is 2. The summed E-state index contributed by atoms with van der Waals surface area (Å²) in [5.74, 6) is 2.01. The lowest BCUT2D eigenvalue weighted by Crippen LogP contribution is -2.12. The largest absolute Gasteiger partial charge is 0.508 e. The molecule has 0 heterocycles. The van der Waals surface area contributed by atoms with Crippen molar-refractivity contribution in [3.8, 4) is 11.5 Å². The van der Waals surface area contributed by atoms with E-state index in [4.69, 9.17) is 0 Å². The second-order valence-corrected chi connectivity index (χ2v) is 7.13. The van der Waals surface area contributed by atoms with Gasteiger partial charge in [-0.3, -0.25) is 0 Å². The standard InChI is InChI=1S/C22H28O2/c1-2-3-4-20-15-19(11-14-22(20)24)18-7-5-16(6-8-18)17-9-12-21(23)13-10-17/h9-16,18,23-24H,2-8H2,1H3. The summed E-state index contributed by atoms with van der Waals surface area (Å²) in [5, 5.41) is 19.5. The lowest BCUT2D eigenvalue weighted by molar-refractivity contribution is 0.395. The summed E-state index contributed by atoms with van der Waals surface area (Å²) in [5.41, 5.74) is 3.85. The first-order valence-corrected chi connectivity index (χ1v) is 9.28. The van der Waals surface area contributed by atoms with Gasteiger partial charge in [0.1, 0.15) is 11.5 Å². The molecule has 1 aliphatic rings. The fourth-order valence-corrected chi connectivity index (χ4v) is 3.93. The fourth-order valence-electron chi connectivity index (χ4n) is 3.93. The zero-order valence-corrected chi connectivity index (χ0v) is 14.5. The van der Waals surface area contributed by atoms with Gasteiger partial charge in [-0.15, -0.1) is 0 Å². The number of hydrogen-bond acceptors (Lipinski definition) is 2. The minimum absolute atomic E-state index is 0.344. The molecule has 0 saturated heterocycles. The third kappa shape index (κ3) is 3.92. The quantitative estimate of drug-likeness (QED) is 0.721. The van der Waals surface area contributed by atoms with Gasteiger partial charge in [0, 0.05) is 0 Å². The van der Waals surface area contributed by atoms with Gasteiger partial charge < -0.3 is 10.2 Å². The number of phenols is 2. The SMILES string of the molecule is CCCCc1cc(C2CCC(c3ccc(O)cc3)CC2)ccc1O. The van der Waals surface area contributed by atoms with E-state index in [9.17, 15) is 10.2 Å². The van der Waals surface area contributed by atoms with Crippen LogP contribution in [0.4, 0.5) is 0 Å². The molecule has 1 fully saturated rings. The summed E-state index contributed by atoms with van der Waals surface area (Å²) in [4.78, 5) is 0. The predicted octanol–water partition coefficient (Wildman–Crippen LogP) is 5.88. The smallest absolute Gasteiger partial charge is 0.118 e. The summed E-state index contributed by atoms with van der Waals surface area (Å²) >= 11 is 0. The van der Waals surface area contributed by atoms with Crippen LogP contribution in [0.25, 0.3) is 0 Å². The summed E-state index contributed by atoms with van der Waals surface area (Å²) in [6.07, 6.45) is 8.04. The van der Waals surface area contributed by atoms with Gasteiger partial charge in [0.15, 0.2) is 0 Å². The number of aryl methyl sites for hydroxylation is 1. The van der Waals surface area contributed by atoms with Crippen LogP contribution in [0, 0.1) is 0 Å². The maximum absolute atomic E-state index is 10.1. The molecule has 1 saturated carbocycles. The molecule has 0 radical (unpaired) electrons. The zero-order valence-electron chi connectivity index (χ0n) is 14.5. The Hall–Kier alpha value is -1.96. The molecule has 0 bridgehead atoms. The van der Waals surface area contributed by atoms with Crippen LogP contribution in [0.3, 0.4) is 0 Å². The number of aromatic hydroxyl groups is 2. The number of hydrogen-bond donors (Lipinski definition) is 2. The van der Waals surface area contributed by atoms with Crippen molar-refractivity contribution in [2.75, 3.05) is 0 Å². The third-order valence-corrected chi connectivity index (χ3v) is 5.47. The van der Waals surface area contributed by atoms with E-state index in [1.165, 1.54) is 36.8 Å². The van der Waals surface area contributed by atoms with E-state index in [-0.39, 0.29) is 0 Å². The molecule has 1 aliphatic carbocycles. The van der Waals surface area contributed by atoms with Crippen molar-refractivity contribution in [2.24, 2.45) is 0 Å². The molecular formula is C22H28O2. The van der Waals surface area contributed by atoms with Gasteiger partial charge in [-0.2, -0.15) is 0 Å². The average Bonchev–Trinajstić information content (AvgIpc) is 2.62. The Morgan fingerprint density at radius 2 is 1.42 bits per heavy atom. The zero-order chi connectivity index (χ0) is 16.9. The van der Waals surface area contributed by atoms with Crippen LogP contribution in [-0.2, 0) is 6.42 Å². The molecule has 0 spiro atoms. The van der Waals surface area contributed by atoms with Gasteiger partial charge in [-0.05, 0) is 85.3 Å². The molecule has 0 atom stereocenters. The maximum atomic E-state index is 10.1. The minimum Gasteiger partial charge on any atom is -0.508 e. The van der Waals surface area contributed by atoms with Gasteiger partial charge >= 0.3 is 0 Å². The van der Waals surface area contributed by atoms with Crippen molar-refractivity contribution < 1.29 is 10.2 Å². The Bertz CT molecular complexity index is 652. The van der Waals surface area contributed by atoms with Crippen LogP contribution in [-0.4, -0.2) is 10.2 Å². The Morgan fingerprint density at radius 3 is 2.04 bits per heavy atom. The van der Waals surface area contributed by atoms with E-state index in [2.05, 4.69) is 31.2 Å². The fraction of sp³-hybridized carbons (Fsp3) is 0.455. The normalized spacial score (nSPS) is 20.9. The first-order chi connectivity index (χ1) is 11.7. The van der Waals surface area contributed by atoms with Crippen LogP contribution in [0.2, 0.25) is 0 Å². The maximum Gasteiger partial charge on any atom is 0.118 e. The summed E-state index contributed by atoms with van der Waals surface area (Å²) in [7, 11) is 0. The molecule has 0 unspecified atom stereocenters. The highest BCUT2D eigenvalue weighted by Crippen LogP contribution is 2.41. The number of benzene rings is 2. The summed E-state index contributed by atoms with van der Waals surface area (Å²) < 4.78 is 0. The topological polar surface area (TPSA) is 40.5 Å². The molecule has 2 nitrogen and oxygen atoms in total.